The summed E-state index contributed by atoms with van der Waals surface area (Å²) >= 11 is 19.6. The molecule has 1 aliphatic heterocycles. The first-order chi connectivity index (χ1) is 15.4. The molecule has 1 aromatic heterocycles. The molecule has 0 radical (unpaired) electrons. The topological polar surface area (TPSA) is 74.6 Å². The Bertz CT molecular complexity index is 1230. The average molecular weight is 522 g/mol. The van der Waals surface area contributed by atoms with Crippen molar-refractivity contribution in [3.63, 3.8) is 0 Å². The van der Waals surface area contributed by atoms with Crippen molar-refractivity contribution in [2.75, 3.05) is 5.32 Å². The van der Waals surface area contributed by atoms with Crippen LogP contribution < -0.4 is 10.7 Å². The first kappa shape index (κ1) is 22.8. The summed E-state index contributed by atoms with van der Waals surface area (Å²) in [6.45, 7) is 0. The summed E-state index contributed by atoms with van der Waals surface area (Å²) in [7, 11) is 0. The molecule has 0 aliphatic carbocycles. The molecule has 0 unspecified atom stereocenters. The van der Waals surface area contributed by atoms with Crippen LogP contribution in [0.1, 0.15) is 5.76 Å². The molecule has 3 aromatic rings. The molecule has 0 saturated carbocycles. The van der Waals surface area contributed by atoms with Gasteiger partial charge in [0.2, 0.25) is 0 Å². The number of rotatable bonds is 5. The Morgan fingerprint density at radius 3 is 2.62 bits per heavy atom. The van der Waals surface area contributed by atoms with Crippen LogP contribution >= 0.6 is 58.9 Å². The smallest absolute Gasteiger partial charge is 0.338 e. The fraction of sp³-hybridized carbons (Fsp3) is 0. The molecule has 0 bridgehead atoms. The Labute approximate surface area is 207 Å². The van der Waals surface area contributed by atoms with Crippen LogP contribution in [0.15, 0.2) is 80.0 Å². The number of hydrazine groups is 1. The van der Waals surface area contributed by atoms with Crippen LogP contribution in [0.3, 0.4) is 0 Å². The Morgan fingerprint density at radius 2 is 1.88 bits per heavy atom. The molecule has 1 fully saturated rings. The maximum absolute atomic E-state index is 12.7. The summed E-state index contributed by atoms with van der Waals surface area (Å²) < 4.78 is 5.98. The number of halogens is 2. The highest BCUT2D eigenvalue weighted by Crippen LogP contribution is 2.34. The number of benzene rings is 2. The van der Waals surface area contributed by atoms with E-state index in [9.17, 15) is 9.59 Å². The van der Waals surface area contributed by atoms with Gasteiger partial charge in [0.05, 0.1) is 15.0 Å². The Balaban J connectivity index is 1.40. The van der Waals surface area contributed by atoms with Crippen molar-refractivity contribution < 1.29 is 14.0 Å². The minimum absolute atomic E-state index is 0.191. The van der Waals surface area contributed by atoms with Crippen LogP contribution in [0.4, 0.5) is 10.5 Å². The lowest BCUT2D eigenvalue weighted by Gasteiger charge is -2.16. The van der Waals surface area contributed by atoms with Crippen molar-refractivity contribution in [3.05, 3.63) is 81.4 Å². The van der Waals surface area contributed by atoms with Gasteiger partial charge in [0.25, 0.3) is 5.91 Å². The van der Waals surface area contributed by atoms with Gasteiger partial charge in [-0.2, -0.15) is 5.01 Å². The number of carbonyl (C=O) groups excluding carboxylic acids is 2. The third-order valence-corrected chi connectivity index (χ3v) is 6.99. The van der Waals surface area contributed by atoms with Gasteiger partial charge >= 0.3 is 6.03 Å². The number of nitrogens with zero attached hydrogens (tertiary/aromatic N) is 1. The molecule has 6 nitrogen and oxygen atoms in total. The highest BCUT2D eigenvalue weighted by Gasteiger charge is 2.34. The van der Waals surface area contributed by atoms with Gasteiger partial charge < -0.3 is 9.73 Å². The molecule has 3 amide bonds. The van der Waals surface area contributed by atoms with Crippen LogP contribution in [0.5, 0.6) is 0 Å². The number of anilines is 1. The molecule has 0 atom stereocenters. The van der Waals surface area contributed by atoms with Gasteiger partial charge in [-0.05, 0) is 54.7 Å². The molecule has 1 aliphatic rings. The fourth-order valence-electron chi connectivity index (χ4n) is 2.60. The highest BCUT2D eigenvalue weighted by molar-refractivity contribution is 8.26. The quantitative estimate of drug-likeness (QED) is 0.288. The molecule has 2 aromatic carbocycles. The monoisotopic (exact) mass is 521 g/mol. The molecular formula is C21H13Cl2N3O3S3. The summed E-state index contributed by atoms with van der Waals surface area (Å²) in [6.07, 6.45) is 1.59. The van der Waals surface area contributed by atoms with Crippen LogP contribution in [-0.2, 0) is 4.79 Å². The number of nitrogens with one attached hydrogen (secondary N) is 2. The average Bonchev–Trinajstić information content (AvgIpc) is 3.31. The van der Waals surface area contributed by atoms with E-state index in [1.807, 2.05) is 36.4 Å². The van der Waals surface area contributed by atoms with E-state index in [0.29, 0.717) is 31.5 Å². The van der Waals surface area contributed by atoms with Gasteiger partial charge in [0, 0.05) is 16.7 Å². The third kappa shape index (κ3) is 5.48. The van der Waals surface area contributed by atoms with Crippen molar-refractivity contribution in [2.45, 2.75) is 9.99 Å². The predicted octanol–water partition coefficient (Wildman–Crippen LogP) is 6.68. The van der Waals surface area contributed by atoms with Crippen LogP contribution in [-0.4, -0.2) is 21.3 Å². The third-order valence-electron chi connectivity index (χ3n) is 4.02. The Hall–Kier alpha value is -2.43. The molecule has 11 heteroatoms. The second-order valence-corrected chi connectivity index (χ2v) is 9.85. The van der Waals surface area contributed by atoms with E-state index in [1.165, 1.54) is 17.8 Å². The van der Waals surface area contributed by atoms with Gasteiger partial charge in [-0.15, -0.1) is 0 Å². The lowest BCUT2D eigenvalue weighted by atomic mass is 10.3. The second kappa shape index (κ2) is 10.0. The zero-order valence-corrected chi connectivity index (χ0v) is 20.0. The Kier molecular flexibility index (Phi) is 7.12. The Morgan fingerprint density at radius 1 is 1.09 bits per heavy atom. The molecule has 32 heavy (non-hydrogen) atoms. The number of urea groups is 1. The van der Waals surface area contributed by atoms with E-state index in [0.717, 1.165) is 21.7 Å². The van der Waals surface area contributed by atoms with Gasteiger partial charge in [-0.1, -0.05) is 64.9 Å². The standard InChI is InChI=1S/C21H13Cl2N3O3S3/c22-15-8-6-12(10-16(15)23)24-20(28)25-26-19(27)17(32-21(26)30)11-13-7-9-18(29-13)31-14-4-2-1-3-5-14/h1-11H,(H2,24,25,28)/b17-11-. The van der Waals surface area contributed by atoms with Crippen molar-refractivity contribution >= 4 is 87.0 Å². The lowest BCUT2D eigenvalue weighted by Crippen LogP contribution is -2.46. The fourth-order valence-corrected chi connectivity index (χ4v) is 4.86. The van der Waals surface area contributed by atoms with Crippen LogP contribution in [0.2, 0.25) is 10.0 Å². The van der Waals surface area contributed by atoms with Gasteiger partial charge in [0.1, 0.15) is 5.76 Å². The lowest BCUT2D eigenvalue weighted by molar-refractivity contribution is -0.123. The molecule has 1 saturated heterocycles. The largest absolute Gasteiger partial charge is 0.450 e. The minimum Gasteiger partial charge on any atom is -0.450 e. The minimum atomic E-state index is -0.652. The van der Waals surface area contributed by atoms with Crippen molar-refractivity contribution in [2.24, 2.45) is 0 Å². The zero-order chi connectivity index (χ0) is 22.7. The number of hydrogen-bond acceptors (Lipinski definition) is 6. The number of thiocarbonyl (C=S) groups is 1. The number of hydrogen-bond donors (Lipinski definition) is 2. The number of thioether (sulfide) groups is 1. The van der Waals surface area contributed by atoms with E-state index in [-0.39, 0.29) is 4.32 Å². The SMILES string of the molecule is O=C(Nc1ccc(Cl)c(Cl)c1)NN1C(=O)/C(=C/c2ccc(Sc3ccccc3)o2)SC1=S. The maximum atomic E-state index is 12.7. The van der Waals surface area contributed by atoms with Gasteiger partial charge in [-0.25, -0.2) is 10.2 Å². The van der Waals surface area contributed by atoms with Crippen LogP contribution in [0.25, 0.3) is 6.08 Å². The predicted molar refractivity (Wildman–Crippen MR) is 133 cm³/mol. The van der Waals surface area contributed by atoms with E-state index in [4.69, 9.17) is 39.8 Å². The number of amides is 3. The van der Waals surface area contributed by atoms with Crippen molar-refractivity contribution in [1.82, 2.24) is 10.4 Å². The van der Waals surface area contributed by atoms with Gasteiger partial charge in [-0.3, -0.25) is 4.79 Å². The molecule has 0 spiro atoms. The van der Waals surface area contributed by atoms with Gasteiger partial charge in [0.15, 0.2) is 9.41 Å². The summed E-state index contributed by atoms with van der Waals surface area (Å²) in [6, 6.07) is 17.4. The molecule has 2 heterocycles. The number of furan rings is 1. The molecular weight excluding hydrogens is 509 g/mol. The zero-order valence-electron chi connectivity index (χ0n) is 16.0. The van der Waals surface area contributed by atoms with Crippen molar-refractivity contribution in [3.8, 4) is 0 Å². The normalized spacial score (nSPS) is 14.8. The van der Waals surface area contributed by atoms with E-state index in [2.05, 4.69) is 10.7 Å². The molecule has 2 N–H and O–H groups in total. The highest BCUT2D eigenvalue weighted by atomic mass is 35.5. The molecule has 162 valence electrons. The number of carbonyl (C=O) groups is 2. The molecule has 4 rings (SSSR count). The summed E-state index contributed by atoms with van der Waals surface area (Å²) in [5.74, 6) is 0.0436. The summed E-state index contributed by atoms with van der Waals surface area (Å²) in [5.41, 5.74) is 2.85. The second-order valence-electron chi connectivity index (χ2n) is 6.28. The summed E-state index contributed by atoms with van der Waals surface area (Å²) in [5, 5.41) is 4.92. The van der Waals surface area contributed by atoms with E-state index in [1.54, 1.807) is 24.3 Å². The van der Waals surface area contributed by atoms with E-state index >= 15 is 0 Å². The van der Waals surface area contributed by atoms with Crippen LogP contribution in [0, 0.1) is 0 Å². The van der Waals surface area contributed by atoms with E-state index < -0.39 is 11.9 Å². The first-order valence-electron chi connectivity index (χ1n) is 9.02. The summed E-state index contributed by atoms with van der Waals surface area (Å²) in [4.78, 5) is 26.4. The first-order valence-corrected chi connectivity index (χ1v) is 11.8. The van der Waals surface area contributed by atoms with Crippen molar-refractivity contribution in [1.29, 1.82) is 0 Å². The maximum Gasteiger partial charge on any atom is 0.338 e.